The highest BCUT2D eigenvalue weighted by Gasteiger charge is 2.28. The van der Waals surface area contributed by atoms with Crippen LogP contribution in [0.3, 0.4) is 0 Å². The third kappa shape index (κ3) is 2.59. The Bertz CT molecular complexity index is 280. The fraction of sp³-hybridized carbons (Fsp3) is 0.750. The van der Waals surface area contributed by atoms with Crippen LogP contribution in [0.1, 0.15) is 38.8 Å². The van der Waals surface area contributed by atoms with Crippen LogP contribution in [0.2, 0.25) is 0 Å². The standard InChI is InChI=1S/C10H17N3.C2H6/c1-3-8-4-11-5-9(8)10-6-12-7-13(10)2;1-2/h6-9,11H,3-5H2,1-2H3;1-2H3. The van der Waals surface area contributed by atoms with Gasteiger partial charge in [0.05, 0.1) is 6.33 Å². The first-order valence-electron chi connectivity index (χ1n) is 6.00. The zero-order valence-corrected chi connectivity index (χ0v) is 10.3. The summed E-state index contributed by atoms with van der Waals surface area (Å²) in [5, 5.41) is 3.45. The number of hydrogen-bond acceptors (Lipinski definition) is 2. The Hall–Kier alpha value is -0.830. The van der Waals surface area contributed by atoms with Crippen molar-refractivity contribution in [2.45, 2.75) is 33.1 Å². The molecule has 1 aliphatic heterocycles. The molecule has 0 spiro atoms. The molecule has 2 rings (SSSR count). The molecule has 86 valence electrons. The molecule has 0 aromatic carbocycles. The van der Waals surface area contributed by atoms with Crippen molar-refractivity contribution in [3.05, 3.63) is 18.2 Å². The highest BCUT2D eigenvalue weighted by molar-refractivity contribution is 5.11. The topological polar surface area (TPSA) is 29.9 Å². The van der Waals surface area contributed by atoms with E-state index in [9.17, 15) is 0 Å². The van der Waals surface area contributed by atoms with Gasteiger partial charge in [0.1, 0.15) is 0 Å². The zero-order chi connectivity index (χ0) is 11.3. The summed E-state index contributed by atoms with van der Waals surface area (Å²) in [5.41, 5.74) is 1.37. The van der Waals surface area contributed by atoms with Gasteiger partial charge in [-0.05, 0) is 12.5 Å². The first-order valence-corrected chi connectivity index (χ1v) is 6.00. The maximum Gasteiger partial charge on any atom is 0.0945 e. The third-order valence-corrected chi connectivity index (χ3v) is 3.10. The van der Waals surface area contributed by atoms with E-state index in [1.165, 1.54) is 12.1 Å². The first-order chi connectivity index (χ1) is 7.33. The highest BCUT2D eigenvalue weighted by atomic mass is 15.0. The number of hydrogen-bond donors (Lipinski definition) is 1. The van der Waals surface area contributed by atoms with Crippen LogP contribution >= 0.6 is 0 Å². The summed E-state index contributed by atoms with van der Waals surface area (Å²) in [7, 11) is 2.08. The van der Waals surface area contributed by atoms with Gasteiger partial charge in [-0.1, -0.05) is 27.2 Å². The molecule has 2 heterocycles. The third-order valence-electron chi connectivity index (χ3n) is 3.10. The quantitative estimate of drug-likeness (QED) is 0.809. The van der Waals surface area contributed by atoms with Crippen molar-refractivity contribution in [2.24, 2.45) is 13.0 Å². The van der Waals surface area contributed by atoms with E-state index in [1.807, 2.05) is 26.4 Å². The number of rotatable bonds is 2. The van der Waals surface area contributed by atoms with Gasteiger partial charge in [-0.15, -0.1) is 0 Å². The second-order valence-electron chi connectivity index (χ2n) is 3.86. The molecule has 0 bridgehead atoms. The van der Waals surface area contributed by atoms with Crippen molar-refractivity contribution in [3.63, 3.8) is 0 Å². The van der Waals surface area contributed by atoms with Gasteiger partial charge in [-0.3, -0.25) is 0 Å². The molecule has 0 radical (unpaired) electrons. The van der Waals surface area contributed by atoms with Crippen LogP contribution in [0.4, 0.5) is 0 Å². The molecule has 1 aromatic rings. The van der Waals surface area contributed by atoms with E-state index in [0.717, 1.165) is 19.0 Å². The molecule has 1 aromatic heterocycles. The maximum absolute atomic E-state index is 4.17. The summed E-state index contributed by atoms with van der Waals surface area (Å²) < 4.78 is 2.14. The summed E-state index contributed by atoms with van der Waals surface area (Å²) >= 11 is 0. The molecule has 1 fully saturated rings. The predicted octanol–water partition coefficient (Wildman–Crippen LogP) is 2.16. The minimum absolute atomic E-state index is 0.664. The van der Waals surface area contributed by atoms with Gasteiger partial charge >= 0.3 is 0 Å². The van der Waals surface area contributed by atoms with Crippen LogP contribution in [-0.2, 0) is 7.05 Å². The van der Waals surface area contributed by atoms with Crippen LogP contribution in [0, 0.1) is 5.92 Å². The van der Waals surface area contributed by atoms with Gasteiger partial charge in [0, 0.05) is 31.4 Å². The molecule has 2 atom stereocenters. The number of aromatic nitrogens is 2. The maximum atomic E-state index is 4.17. The molecule has 1 N–H and O–H groups in total. The fourth-order valence-electron chi connectivity index (χ4n) is 2.23. The van der Waals surface area contributed by atoms with Crippen LogP contribution in [-0.4, -0.2) is 22.6 Å². The summed E-state index contributed by atoms with van der Waals surface area (Å²) in [4.78, 5) is 4.17. The monoisotopic (exact) mass is 209 g/mol. The second-order valence-corrected chi connectivity index (χ2v) is 3.86. The van der Waals surface area contributed by atoms with E-state index < -0.39 is 0 Å². The number of aryl methyl sites for hydroxylation is 1. The summed E-state index contributed by atoms with van der Waals surface area (Å²) in [6.45, 7) is 8.53. The first kappa shape index (κ1) is 12.2. The Morgan fingerprint density at radius 3 is 2.73 bits per heavy atom. The Morgan fingerprint density at radius 1 is 1.47 bits per heavy atom. The zero-order valence-electron chi connectivity index (χ0n) is 10.3. The minimum atomic E-state index is 0.664. The van der Waals surface area contributed by atoms with E-state index in [4.69, 9.17) is 0 Å². The summed E-state index contributed by atoms with van der Waals surface area (Å²) in [6, 6.07) is 0. The smallest absolute Gasteiger partial charge is 0.0945 e. The number of nitrogens with one attached hydrogen (secondary N) is 1. The Labute approximate surface area is 92.9 Å². The molecule has 3 nitrogen and oxygen atoms in total. The van der Waals surface area contributed by atoms with Crippen LogP contribution in [0.5, 0.6) is 0 Å². The molecule has 1 aliphatic rings. The fourth-order valence-corrected chi connectivity index (χ4v) is 2.23. The highest BCUT2D eigenvalue weighted by Crippen LogP contribution is 2.29. The van der Waals surface area contributed by atoms with Crippen molar-refractivity contribution in [1.82, 2.24) is 14.9 Å². The van der Waals surface area contributed by atoms with Gasteiger partial charge in [-0.25, -0.2) is 4.98 Å². The molecule has 0 saturated carbocycles. The van der Waals surface area contributed by atoms with Gasteiger partial charge < -0.3 is 9.88 Å². The normalized spacial score (nSPS) is 24.8. The van der Waals surface area contributed by atoms with Crippen molar-refractivity contribution in [1.29, 1.82) is 0 Å². The molecule has 0 aliphatic carbocycles. The van der Waals surface area contributed by atoms with E-state index >= 15 is 0 Å². The number of imidazole rings is 1. The van der Waals surface area contributed by atoms with E-state index in [1.54, 1.807) is 0 Å². The van der Waals surface area contributed by atoms with E-state index in [-0.39, 0.29) is 0 Å². The largest absolute Gasteiger partial charge is 0.337 e. The second kappa shape index (κ2) is 5.91. The molecule has 15 heavy (non-hydrogen) atoms. The Balaban J connectivity index is 0.000000531. The average Bonchev–Trinajstić information content (AvgIpc) is 2.88. The molecule has 0 amide bonds. The molecular weight excluding hydrogens is 186 g/mol. The Morgan fingerprint density at radius 2 is 2.20 bits per heavy atom. The lowest BCUT2D eigenvalue weighted by Gasteiger charge is -2.16. The molecular formula is C12H23N3. The van der Waals surface area contributed by atoms with Gasteiger partial charge in [0.25, 0.3) is 0 Å². The van der Waals surface area contributed by atoms with Crippen LogP contribution in [0.15, 0.2) is 12.5 Å². The minimum Gasteiger partial charge on any atom is -0.337 e. The van der Waals surface area contributed by atoms with Crippen molar-refractivity contribution in [2.75, 3.05) is 13.1 Å². The lowest BCUT2D eigenvalue weighted by atomic mass is 9.91. The van der Waals surface area contributed by atoms with Crippen LogP contribution in [0.25, 0.3) is 0 Å². The van der Waals surface area contributed by atoms with Crippen LogP contribution < -0.4 is 5.32 Å². The van der Waals surface area contributed by atoms with Crippen molar-refractivity contribution in [3.8, 4) is 0 Å². The van der Waals surface area contributed by atoms with Crippen molar-refractivity contribution >= 4 is 0 Å². The van der Waals surface area contributed by atoms with Gasteiger partial charge in [0.2, 0.25) is 0 Å². The molecule has 3 heteroatoms. The average molecular weight is 209 g/mol. The lowest BCUT2D eigenvalue weighted by molar-refractivity contribution is 0.485. The Kier molecular flexibility index (Phi) is 4.82. The number of nitrogens with zero attached hydrogens (tertiary/aromatic N) is 2. The summed E-state index contributed by atoms with van der Waals surface area (Å²) in [6.07, 6.45) is 5.14. The van der Waals surface area contributed by atoms with Gasteiger partial charge in [-0.2, -0.15) is 0 Å². The molecule has 2 unspecified atom stereocenters. The van der Waals surface area contributed by atoms with Crippen molar-refractivity contribution < 1.29 is 0 Å². The van der Waals surface area contributed by atoms with Gasteiger partial charge in [0.15, 0.2) is 0 Å². The van der Waals surface area contributed by atoms with E-state index in [2.05, 4.69) is 28.8 Å². The van der Waals surface area contributed by atoms with E-state index in [0.29, 0.717) is 5.92 Å². The lowest BCUT2D eigenvalue weighted by Crippen LogP contribution is -2.12. The summed E-state index contributed by atoms with van der Waals surface area (Å²) in [5.74, 6) is 1.45. The SMILES string of the molecule is CC.CCC1CNCC1c1cncn1C. The molecule has 1 saturated heterocycles. The predicted molar refractivity (Wildman–Crippen MR) is 63.9 cm³/mol.